The van der Waals surface area contributed by atoms with Crippen molar-refractivity contribution in [2.45, 2.75) is 19.3 Å². The minimum Gasteiger partial charge on any atom is -0.497 e. The molecule has 0 amide bonds. The zero-order chi connectivity index (χ0) is 9.26. The lowest BCUT2D eigenvalue weighted by molar-refractivity contribution is 0.414. The van der Waals surface area contributed by atoms with Crippen LogP contribution in [0.1, 0.15) is 24.8 Å². The maximum atomic E-state index is 5.18. The molecule has 0 aromatic heterocycles. The molecule has 1 aliphatic heterocycles. The van der Waals surface area contributed by atoms with E-state index < -0.39 is 0 Å². The molecular formula is C11H15NO. The van der Waals surface area contributed by atoms with Gasteiger partial charge in [-0.3, -0.25) is 0 Å². The van der Waals surface area contributed by atoms with E-state index in [-0.39, 0.29) is 0 Å². The molecule has 0 fully saturated rings. The van der Waals surface area contributed by atoms with Gasteiger partial charge in [0, 0.05) is 18.3 Å². The number of hydrogen-bond donors (Lipinski definition) is 1. The number of anilines is 1. The zero-order valence-electron chi connectivity index (χ0n) is 8.13. The smallest absolute Gasteiger partial charge is 0.120 e. The molecule has 0 saturated heterocycles. The second kappa shape index (κ2) is 3.29. The molecule has 0 aliphatic carbocycles. The van der Waals surface area contributed by atoms with Gasteiger partial charge >= 0.3 is 0 Å². The predicted octanol–water partition coefficient (Wildman–Crippen LogP) is 2.61. The molecule has 0 bridgehead atoms. The van der Waals surface area contributed by atoms with Crippen molar-refractivity contribution in [3.63, 3.8) is 0 Å². The van der Waals surface area contributed by atoms with Crippen molar-refractivity contribution in [3.8, 4) is 5.75 Å². The molecule has 1 N–H and O–H groups in total. The van der Waals surface area contributed by atoms with Gasteiger partial charge in [0.15, 0.2) is 0 Å². The average Bonchev–Trinajstić information content (AvgIpc) is 2.18. The molecule has 13 heavy (non-hydrogen) atoms. The van der Waals surface area contributed by atoms with Crippen molar-refractivity contribution in [1.82, 2.24) is 0 Å². The van der Waals surface area contributed by atoms with Gasteiger partial charge in [-0.15, -0.1) is 0 Å². The minimum absolute atomic E-state index is 0.669. The lowest BCUT2D eigenvalue weighted by Gasteiger charge is -2.24. The second-order valence-corrected chi connectivity index (χ2v) is 3.57. The van der Waals surface area contributed by atoms with Crippen LogP contribution < -0.4 is 10.1 Å². The highest BCUT2D eigenvalue weighted by Crippen LogP contribution is 2.33. The van der Waals surface area contributed by atoms with E-state index in [0.29, 0.717) is 5.92 Å². The van der Waals surface area contributed by atoms with Crippen LogP contribution >= 0.6 is 0 Å². The van der Waals surface area contributed by atoms with Crippen LogP contribution in [0.25, 0.3) is 0 Å². The number of hydrogen-bond acceptors (Lipinski definition) is 2. The Hall–Kier alpha value is -1.18. The number of nitrogens with one attached hydrogen (secondary N) is 1. The van der Waals surface area contributed by atoms with Gasteiger partial charge in [-0.05, 0) is 24.0 Å². The van der Waals surface area contributed by atoms with Crippen LogP contribution in [0.2, 0.25) is 0 Å². The summed E-state index contributed by atoms with van der Waals surface area (Å²) in [6, 6.07) is 6.26. The summed E-state index contributed by atoms with van der Waals surface area (Å²) < 4.78 is 5.18. The Balaban J connectivity index is 2.39. The van der Waals surface area contributed by atoms with E-state index >= 15 is 0 Å². The summed E-state index contributed by atoms with van der Waals surface area (Å²) in [4.78, 5) is 0. The van der Waals surface area contributed by atoms with E-state index in [1.807, 2.05) is 6.07 Å². The highest BCUT2D eigenvalue weighted by atomic mass is 16.5. The van der Waals surface area contributed by atoms with Crippen LogP contribution in [-0.2, 0) is 0 Å². The van der Waals surface area contributed by atoms with Crippen LogP contribution in [0.4, 0.5) is 5.69 Å². The molecule has 2 nitrogen and oxygen atoms in total. The fraction of sp³-hybridized carbons (Fsp3) is 0.455. The van der Waals surface area contributed by atoms with Crippen LogP contribution in [-0.4, -0.2) is 13.7 Å². The van der Waals surface area contributed by atoms with Crippen molar-refractivity contribution < 1.29 is 4.74 Å². The van der Waals surface area contributed by atoms with E-state index in [0.717, 1.165) is 12.3 Å². The molecule has 70 valence electrons. The largest absolute Gasteiger partial charge is 0.497 e. The van der Waals surface area contributed by atoms with Gasteiger partial charge in [0.1, 0.15) is 5.75 Å². The molecule has 2 rings (SSSR count). The van der Waals surface area contributed by atoms with Gasteiger partial charge in [-0.1, -0.05) is 13.0 Å². The normalized spacial score (nSPS) is 20.3. The van der Waals surface area contributed by atoms with Crippen LogP contribution in [0.5, 0.6) is 5.75 Å². The highest BCUT2D eigenvalue weighted by Gasteiger charge is 2.15. The number of methoxy groups -OCH3 is 1. The monoisotopic (exact) mass is 177 g/mol. The molecule has 0 spiro atoms. The fourth-order valence-electron chi connectivity index (χ4n) is 1.82. The van der Waals surface area contributed by atoms with Gasteiger partial charge < -0.3 is 10.1 Å². The van der Waals surface area contributed by atoms with Gasteiger partial charge in [0.05, 0.1) is 7.11 Å². The first-order chi connectivity index (χ1) is 6.31. The molecule has 2 heteroatoms. The lowest BCUT2D eigenvalue weighted by Crippen LogP contribution is -2.14. The first kappa shape index (κ1) is 8.42. The molecule has 0 radical (unpaired) electrons. The Bertz CT molecular complexity index is 309. The third-order valence-corrected chi connectivity index (χ3v) is 2.68. The van der Waals surface area contributed by atoms with Crippen molar-refractivity contribution in [1.29, 1.82) is 0 Å². The van der Waals surface area contributed by atoms with Gasteiger partial charge in [-0.2, -0.15) is 0 Å². The summed E-state index contributed by atoms with van der Waals surface area (Å²) in [6.07, 6.45) is 1.22. The fourth-order valence-corrected chi connectivity index (χ4v) is 1.82. The average molecular weight is 177 g/mol. The maximum Gasteiger partial charge on any atom is 0.120 e. The predicted molar refractivity (Wildman–Crippen MR) is 54.5 cm³/mol. The van der Waals surface area contributed by atoms with Crippen LogP contribution in [0.3, 0.4) is 0 Å². The van der Waals surface area contributed by atoms with E-state index in [1.165, 1.54) is 17.7 Å². The highest BCUT2D eigenvalue weighted by molar-refractivity contribution is 5.58. The van der Waals surface area contributed by atoms with Crippen molar-refractivity contribution in [3.05, 3.63) is 23.8 Å². The number of rotatable bonds is 1. The third kappa shape index (κ3) is 1.48. The van der Waals surface area contributed by atoms with Crippen molar-refractivity contribution in [2.24, 2.45) is 0 Å². The molecule has 1 aromatic rings. The first-order valence-corrected chi connectivity index (χ1v) is 4.73. The Morgan fingerprint density at radius 3 is 3.08 bits per heavy atom. The third-order valence-electron chi connectivity index (χ3n) is 2.68. The Labute approximate surface area is 78.9 Å². The van der Waals surface area contributed by atoms with Crippen LogP contribution in [0, 0.1) is 0 Å². The maximum absolute atomic E-state index is 5.18. The van der Waals surface area contributed by atoms with E-state index in [9.17, 15) is 0 Å². The minimum atomic E-state index is 0.669. The molecule has 0 saturated carbocycles. The van der Waals surface area contributed by atoms with E-state index in [2.05, 4.69) is 24.4 Å². The van der Waals surface area contributed by atoms with Gasteiger partial charge in [0.25, 0.3) is 0 Å². The second-order valence-electron chi connectivity index (χ2n) is 3.57. The van der Waals surface area contributed by atoms with Crippen molar-refractivity contribution >= 4 is 5.69 Å². The number of fused-ring (bicyclic) bond motifs is 1. The number of benzene rings is 1. The summed E-state index contributed by atoms with van der Waals surface area (Å²) >= 11 is 0. The Morgan fingerprint density at radius 2 is 2.31 bits per heavy atom. The molecule has 1 aromatic carbocycles. The summed E-state index contributed by atoms with van der Waals surface area (Å²) in [5, 5.41) is 3.39. The van der Waals surface area contributed by atoms with Gasteiger partial charge in [-0.25, -0.2) is 0 Å². The molecule has 1 atom stereocenters. The quantitative estimate of drug-likeness (QED) is 0.712. The van der Waals surface area contributed by atoms with Crippen LogP contribution in [0.15, 0.2) is 18.2 Å². The van der Waals surface area contributed by atoms with Gasteiger partial charge in [0.2, 0.25) is 0 Å². The Kier molecular flexibility index (Phi) is 2.13. The molecule has 1 heterocycles. The van der Waals surface area contributed by atoms with E-state index in [1.54, 1.807) is 7.11 Å². The summed E-state index contributed by atoms with van der Waals surface area (Å²) in [5.74, 6) is 1.60. The summed E-state index contributed by atoms with van der Waals surface area (Å²) in [6.45, 7) is 3.34. The molecule has 1 aliphatic rings. The standard InChI is InChI=1S/C11H15NO/c1-8-5-6-12-11-7-9(13-2)3-4-10(8)11/h3-4,7-8,12H,5-6H2,1-2H3/t8-/m1/s1. The topological polar surface area (TPSA) is 21.3 Å². The van der Waals surface area contributed by atoms with E-state index in [4.69, 9.17) is 4.74 Å². The summed E-state index contributed by atoms with van der Waals surface area (Å²) in [7, 11) is 1.70. The van der Waals surface area contributed by atoms with Crippen molar-refractivity contribution in [2.75, 3.05) is 19.0 Å². The SMILES string of the molecule is COc1ccc2c(c1)NCC[C@H]2C. The zero-order valence-corrected chi connectivity index (χ0v) is 8.13. The molecule has 0 unspecified atom stereocenters. The Morgan fingerprint density at radius 1 is 1.46 bits per heavy atom. The number of ether oxygens (including phenoxy) is 1. The lowest BCUT2D eigenvalue weighted by atomic mass is 9.93. The molecular weight excluding hydrogens is 162 g/mol. The first-order valence-electron chi connectivity index (χ1n) is 4.73. The summed E-state index contributed by atoms with van der Waals surface area (Å²) in [5.41, 5.74) is 2.64.